The van der Waals surface area contributed by atoms with Gasteiger partial charge in [0.2, 0.25) is 5.91 Å². The Balaban J connectivity index is 2.28. The normalized spacial score (nSPS) is 21.1. The summed E-state index contributed by atoms with van der Waals surface area (Å²) < 4.78 is 11.2. The quantitative estimate of drug-likeness (QED) is 0.0264. The average Bonchev–Trinajstić information content (AvgIpc) is 3.22. The molecule has 1 rings (SSSR count). The molecule has 0 saturated carbocycles. The molecule has 1 fully saturated rings. The zero-order valence-corrected chi connectivity index (χ0v) is 37.3. The molecule has 7 atom stereocenters. The first-order valence-electron chi connectivity index (χ1n) is 24.2. The van der Waals surface area contributed by atoms with E-state index in [1.165, 1.54) is 141 Å². The number of amides is 1. The van der Waals surface area contributed by atoms with E-state index in [4.69, 9.17) is 9.47 Å². The highest BCUT2D eigenvalue weighted by molar-refractivity contribution is 5.76. The number of aliphatic hydroxyl groups is 5. The Kier molecular flexibility index (Phi) is 37.1. The molecule has 0 spiro atoms. The molecule has 58 heavy (non-hydrogen) atoms. The first kappa shape index (κ1) is 54.4. The number of hydrogen-bond donors (Lipinski definition) is 6. The van der Waals surface area contributed by atoms with E-state index in [0.717, 1.165) is 51.4 Å². The number of unbranched alkanes of at least 4 members (excludes halogenated alkanes) is 26. The van der Waals surface area contributed by atoms with Crippen LogP contribution in [0.2, 0.25) is 0 Å². The van der Waals surface area contributed by atoms with Crippen molar-refractivity contribution in [1.82, 2.24) is 5.32 Å². The number of rotatable bonds is 40. The molecule has 0 radical (unpaired) electrons. The van der Waals surface area contributed by atoms with Gasteiger partial charge in [-0.2, -0.15) is 0 Å². The third-order valence-corrected chi connectivity index (χ3v) is 11.4. The fourth-order valence-corrected chi connectivity index (χ4v) is 7.52. The summed E-state index contributed by atoms with van der Waals surface area (Å²) in [6, 6.07) is -0.821. The Labute approximate surface area is 355 Å². The summed E-state index contributed by atoms with van der Waals surface area (Å²) in [4.78, 5) is 13.0. The number of ether oxygens (including phenoxy) is 2. The molecule has 9 heteroatoms. The van der Waals surface area contributed by atoms with Crippen molar-refractivity contribution in [3.05, 3.63) is 36.5 Å². The number of carbonyl (C=O) groups is 1. The highest BCUT2D eigenvalue weighted by Gasteiger charge is 2.44. The van der Waals surface area contributed by atoms with Gasteiger partial charge >= 0.3 is 0 Å². The highest BCUT2D eigenvalue weighted by Crippen LogP contribution is 2.22. The molecule has 0 aromatic carbocycles. The van der Waals surface area contributed by atoms with E-state index in [1.54, 1.807) is 6.08 Å². The van der Waals surface area contributed by atoms with Crippen molar-refractivity contribution in [3.8, 4) is 0 Å². The van der Waals surface area contributed by atoms with Crippen molar-refractivity contribution in [3.63, 3.8) is 0 Å². The van der Waals surface area contributed by atoms with E-state index in [0.29, 0.717) is 6.42 Å². The molecule has 0 aromatic rings. The van der Waals surface area contributed by atoms with Gasteiger partial charge in [-0.3, -0.25) is 4.79 Å². The molecule has 0 aliphatic carbocycles. The molecule has 9 nitrogen and oxygen atoms in total. The summed E-state index contributed by atoms with van der Waals surface area (Å²) in [5.41, 5.74) is 0. The fourth-order valence-electron chi connectivity index (χ4n) is 7.52. The van der Waals surface area contributed by atoms with Crippen molar-refractivity contribution in [1.29, 1.82) is 0 Å². The predicted molar refractivity (Wildman–Crippen MR) is 240 cm³/mol. The molecule has 0 aromatic heterocycles. The van der Waals surface area contributed by atoms with Crippen molar-refractivity contribution in [2.24, 2.45) is 0 Å². The minimum atomic E-state index is -1.57. The maximum absolute atomic E-state index is 13.0. The zero-order valence-electron chi connectivity index (χ0n) is 37.3. The lowest BCUT2D eigenvalue weighted by atomic mass is 9.99. The van der Waals surface area contributed by atoms with E-state index in [-0.39, 0.29) is 12.5 Å². The summed E-state index contributed by atoms with van der Waals surface area (Å²) in [6.07, 6.45) is 42.0. The summed E-state index contributed by atoms with van der Waals surface area (Å²) in [7, 11) is 0. The predicted octanol–water partition coefficient (Wildman–Crippen LogP) is 10.5. The van der Waals surface area contributed by atoms with E-state index in [2.05, 4.69) is 43.5 Å². The van der Waals surface area contributed by atoms with Crippen LogP contribution in [-0.4, -0.2) is 87.5 Å². The number of hydrogen-bond acceptors (Lipinski definition) is 8. The smallest absolute Gasteiger partial charge is 0.220 e. The lowest BCUT2D eigenvalue weighted by Gasteiger charge is -2.40. The SMILES string of the molecule is CCCCCCCC/C=C/CC/C=C/C(O)C(COC1OC(CO)C(O)C(O)C1O)NC(=O)CCCCCCCCC/C=C\CCCCCCCCCCCCCC. The van der Waals surface area contributed by atoms with Crippen LogP contribution >= 0.6 is 0 Å². The maximum Gasteiger partial charge on any atom is 0.220 e. The minimum Gasteiger partial charge on any atom is -0.394 e. The van der Waals surface area contributed by atoms with Crippen LogP contribution in [0.3, 0.4) is 0 Å². The van der Waals surface area contributed by atoms with Crippen LogP contribution in [0.25, 0.3) is 0 Å². The highest BCUT2D eigenvalue weighted by atomic mass is 16.7. The molecule has 1 heterocycles. The third kappa shape index (κ3) is 29.6. The van der Waals surface area contributed by atoms with E-state index < -0.39 is 49.5 Å². The Hall–Kier alpha value is -1.59. The number of nitrogens with one attached hydrogen (secondary N) is 1. The molecule has 0 bridgehead atoms. The summed E-state index contributed by atoms with van der Waals surface area (Å²) in [5, 5.41) is 54.1. The van der Waals surface area contributed by atoms with Gasteiger partial charge in [0.1, 0.15) is 24.4 Å². The second-order valence-electron chi connectivity index (χ2n) is 16.9. The lowest BCUT2D eigenvalue weighted by Crippen LogP contribution is -2.60. The Morgan fingerprint density at radius 2 is 0.983 bits per heavy atom. The minimum absolute atomic E-state index is 0.192. The average molecular weight is 822 g/mol. The molecule has 1 aliphatic heterocycles. The van der Waals surface area contributed by atoms with Gasteiger partial charge < -0.3 is 40.3 Å². The van der Waals surface area contributed by atoms with Gasteiger partial charge in [0.25, 0.3) is 0 Å². The zero-order chi connectivity index (χ0) is 42.3. The van der Waals surface area contributed by atoms with Gasteiger partial charge in [-0.05, 0) is 57.8 Å². The first-order valence-corrected chi connectivity index (χ1v) is 24.2. The molecule has 6 N–H and O–H groups in total. The van der Waals surface area contributed by atoms with Crippen LogP contribution in [0, 0.1) is 0 Å². The summed E-state index contributed by atoms with van der Waals surface area (Å²) in [6.45, 7) is 3.74. The van der Waals surface area contributed by atoms with Crippen LogP contribution in [0.1, 0.15) is 213 Å². The molecular weight excluding hydrogens is 731 g/mol. The maximum atomic E-state index is 13.0. The van der Waals surface area contributed by atoms with Crippen molar-refractivity contribution in [2.75, 3.05) is 13.2 Å². The molecule has 1 aliphatic rings. The van der Waals surface area contributed by atoms with Gasteiger partial charge in [-0.25, -0.2) is 0 Å². The number of allylic oxidation sites excluding steroid dienone is 5. The van der Waals surface area contributed by atoms with Crippen LogP contribution in [0.15, 0.2) is 36.5 Å². The number of carbonyl (C=O) groups excluding carboxylic acids is 1. The molecule has 1 saturated heterocycles. The van der Waals surface area contributed by atoms with Crippen molar-refractivity contribution >= 4 is 5.91 Å². The van der Waals surface area contributed by atoms with Crippen LogP contribution < -0.4 is 5.32 Å². The molecule has 1 amide bonds. The Morgan fingerprint density at radius 3 is 1.45 bits per heavy atom. The van der Waals surface area contributed by atoms with Crippen LogP contribution in [-0.2, 0) is 14.3 Å². The third-order valence-electron chi connectivity index (χ3n) is 11.4. The van der Waals surface area contributed by atoms with Crippen LogP contribution in [0.4, 0.5) is 0 Å². The van der Waals surface area contributed by atoms with E-state index >= 15 is 0 Å². The van der Waals surface area contributed by atoms with Gasteiger partial charge in [0, 0.05) is 6.42 Å². The molecule has 340 valence electrons. The topological polar surface area (TPSA) is 149 Å². The van der Waals surface area contributed by atoms with Gasteiger partial charge in [0.15, 0.2) is 6.29 Å². The van der Waals surface area contributed by atoms with E-state index in [1.807, 2.05) is 6.08 Å². The monoisotopic (exact) mass is 822 g/mol. The molecule has 7 unspecified atom stereocenters. The van der Waals surface area contributed by atoms with Crippen molar-refractivity contribution in [2.45, 2.75) is 256 Å². The fraction of sp³-hybridized carbons (Fsp3) is 0.857. The van der Waals surface area contributed by atoms with Crippen molar-refractivity contribution < 1.29 is 39.8 Å². The second kappa shape index (κ2) is 39.5. The van der Waals surface area contributed by atoms with Gasteiger partial charge in [-0.1, -0.05) is 185 Å². The lowest BCUT2D eigenvalue weighted by molar-refractivity contribution is -0.302. The summed E-state index contributed by atoms with van der Waals surface area (Å²) in [5.74, 6) is -0.192. The Bertz CT molecular complexity index is 1000. The van der Waals surface area contributed by atoms with Gasteiger partial charge in [-0.15, -0.1) is 0 Å². The largest absolute Gasteiger partial charge is 0.394 e. The number of aliphatic hydroxyl groups excluding tert-OH is 5. The van der Waals surface area contributed by atoms with Crippen LogP contribution in [0.5, 0.6) is 0 Å². The standard InChI is InChI=1S/C49H91NO8/c1-3-5-7-9-11-13-15-17-18-19-20-21-22-23-24-25-26-27-29-31-33-35-37-39-45(53)50-42(41-57-49-48(56)47(55)46(54)44(40-51)58-49)43(52)38-36-34-32-30-28-16-14-12-10-8-6-4-2/h23-24,28,30,36,38,42-44,46-49,51-52,54-56H,3-22,25-27,29,31-35,37,39-41H2,1-2H3,(H,50,53)/b24-23-,30-28+,38-36+. The Morgan fingerprint density at radius 1 is 0.569 bits per heavy atom. The summed E-state index contributed by atoms with van der Waals surface area (Å²) >= 11 is 0. The van der Waals surface area contributed by atoms with Gasteiger partial charge in [0.05, 0.1) is 25.4 Å². The second-order valence-corrected chi connectivity index (χ2v) is 16.9. The van der Waals surface area contributed by atoms with E-state index in [9.17, 15) is 30.3 Å². The first-order chi connectivity index (χ1) is 28.3. The molecular formula is C49H91NO8.